The Balaban J connectivity index is 2.68. The van der Waals surface area contributed by atoms with E-state index in [9.17, 15) is 18.0 Å². The Hall–Kier alpha value is -1.58. The molecule has 0 aliphatic heterocycles. The number of benzene rings is 1. The summed E-state index contributed by atoms with van der Waals surface area (Å²) in [4.78, 5) is 11.7. The van der Waals surface area contributed by atoms with Crippen molar-refractivity contribution < 1.29 is 18.0 Å². The molecule has 0 radical (unpaired) electrons. The van der Waals surface area contributed by atoms with Crippen molar-refractivity contribution >= 4 is 5.78 Å². The normalized spacial score (nSPS) is 11.2. The lowest BCUT2D eigenvalue weighted by Crippen LogP contribution is -2.06. The monoisotopic (exact) mass is 256 g/mol. The Morgan fingerprint density at radius 1 is 1.17 bits per heavy atom. The Morgan fingerprint density at radius 3 is 2.17 bits per heavy atom. The summed E-state index contributed by atoms with van der Waals surface area (Å²) in [6, 6.07) is 4.34. The molecule has 4 heteroatoms. The van der Waals surface area contributed by atoms with E-state index >= 15 is 0 Å². The Morgan fingerprint density at radius 2 is 1.72 bits per heavy atom. The predicted octanol–water partition coefficient (Wildman–Crippen LogP) is 4.63. The third-order valence-corrected chi connectivity index (χ3v) is 2.46. The lowest BCUT2D eigenvalue weighted by Gasteiger charge is -2.06. The maximum Gasteiger partial charge on any atom is 0.416 e. The lowest BCUT2D eigenvalue weighted by atomic mass is 10.0. The molecule has 0 spiro atoms. The van der Waals surface area contributed by atoms with Crippen molar-refractivity contribution in [3.63, 3.8) is 0 Å². The summed E-state index contributed by atoms with van der Waals surface area (Å²) in [7, 11) is 0. The Bertz CT molecular complexity index is 437. The van der Waals surface area contributed by atoms with Crippen LogP contribution in [0.4, 0.5) is 13.2 Å². The second-order valence-corrected chi connectivity index (χ2v) is 4.32. The van der Waals surface area contributed by atoms with E-state index in [0.29, 0.717) is 18.4 Å². The first kappa shape index (κ1) is 14.5. The summed E-state index contributed by atoms with van der Waals surface area (Å²) < 4.78 is 37.0. The largest absolute Gasteiger partial charge is 0.416 e. The number of ketones is 1. The van der Waals surface area contributed by atoms with Gasteiger partial charge < -0.3 is 0 Å². The van der Waals surface area contributed by atoms with Gasteiger partial charge in [-0.1, -0.05) is 23.8 Å². The van der Waals surface area contributed by atoms with Crippen LogP contribution >= 0.6 is 0 Å². The van der Waals surface area contributed by atoms with Crippen LogP contribution in [0.1, 0.15) is 42.6 Å². The van der Waals surface area contributed by atoms with Crippen LogP contribution in [0.2, 0.25) is 0 Å². The summed E-state index contributed by atoms with van der Waals surface area (Å²) in [6.07, 6.45) is -1.50. The molecule has 0 atom stereocenters. The molecule has 1 nitrogen and oxygen atoms in total. The van der Waals surface area contributed by atoms with E-state index in [4.69, 9.17) is 0 Å². The molecule has 0 aromatic heterocycles. The molecule has 1 aromatic carbocycles. The van der Waals surface area contributed by atoms with E-state index in [1.807, 2.05) is 19.9 Å². The molecular formula is C14H15F3O. The fraction of sp³-hybridized carbons (Fsp3) is 0.357. The third-order valence-electron chi connectivity index (χ3n) is 2.46. The summed E-state index contributed by atoms with van der Waals surface area (Å²) >= 11 is 0. The van der Waals surface area contributed by atoms with Crippen LogP contribution in [0, 0.1) is 0 Å². The second-order valence-electron chi connectivity index (χ2n) is 4.32. The number of hydrogen-bond donors (Lipinski definition) is 0. The summed E-state index contributed by atoms with van der Waals surface area (Å²) in [6.45, 7) is 3.87. The average Bonchev–Trinajstić information content (AvgIpc) is 2.27. The van der Waals surface area contributed by atoms with Crippen molar-refractivity contribution in [2.75, 3.05) is 0 Å². The van der Waals surface area contributed by atoms with E-state index in [2.05, 4.69) is 0 Å². The van der Waals surface area contributed by atoms with Gasteiger partial charge in [0.15, 0.2) is 5.78 Å². The molecular weight excluding hydrogens is 241 g/mol. The standard InChI is InChI=1S/C14H15F3O/c1-10(2)4-3-5-13(18)11-6-8-12(9-7-11)14(15,16)17/h4,6-9H,3,5H2,1-2H3. The molecule has 98 valence electrons. The molecule has 0 fully saturated rings. The van der Waals surface area contributed by atoms with Gasteiger partial charge in [-0.15, -0.1) is 0 Å². The molecule has 1 aromatic rings. The third kappa shape index (κ3) is 4.35. The van der Waals surface area contributed by atoms with E-state index in [1.165, 1.54) is 12.1 Å². The second kappa shape index (κ2) is 5.85. The minimum atomic E-state index is -4.36. The van der Waals surface area contributed by atoms with Gasteiger partial charge in [0.05, 0.1) is 5.56 Å². The summed E-state index contributed by atoms with van der Waals surface area (Å²) in [5.41, 5.74) is 0.712. The van der Waals surface area contributed by atoms with Gasteiger partial charge in [-0.05, 0) is 32.4 Å². The molecule has 18 heavy (non-hydrogen) atoms. The van der Waals surface area contributed by atoms with Crippen molar-refractivity contribution in [3.8, 4) is 0 Å². The molecule has 0 bridgehead atoms. The van der Waals surface area contributed by atoms with Crippen LogP contribution in [-0.4, -0.2) is 5.78 Å². The summed E-state index contributed by atoms with van der Waals surface area (Å²) in [5.74, 6) is -0.138. The molecule has 0 N–H and O–H groups in total. The van der Waals surface area contributed by atoms with Crippen molar-refractivity contribution in [1.82, 2.24) is 0 Å². The SMILES string of the molecule is CC(C)=CCCC(=O)c1ccc(C(F)(F)F)cc1. The number of rotatable bonds is 4. The van der Waals surface area contributed by atoms with Gasteiger partial charge in [0, 0.05) is 12.0 Å². The van der Waals surface area contributed by atoms with Gasteiger partial charge in [-0.25, -0.2) is 0 Å². The van der Waals surface area contributed by atoms with Gasteiger partial charge in [0.2, 0.25) is 0 Å². The van der Waals surface area contributed by atoms with Crippen molar-refractivity contribution in [1.29, 1.82) is 0 Å². The maximum absolute atomic E-state index is 12.3. The molecule has 0 amide bonds. The smallest absolute Gasteiger partial charge is 0.294 e. The maximum atomic E-state index is 12.3. The molecule has 0 heterocycles. The predicted molar refractivity (Wildman–Crippen MR) is 64.4 cm³/mol. The number of allylic oxidation sites excluding steroid dienone is 2. The van der Waals surface area contributed by atoms with Gasteiger partial charge in [0.1, 0.15) is 0 Å². The van der Waals surface area contributed by atoms with Crippen LogP contribution in [0.15, 0.2) is 35.9 Å². The van der Waals surface area contributed by atoms with E-state index < -0.39 is 11.7 Å². The van der Waals surface area contributed by atoms with Crippen LogP contribution < -0.4 is 0 Å². The first-order chi connectivity index (χ1) is 8.30. The first-order valence-corrected chi connectivity index (χ1v) is 5.64. The van der Waals surface area contributed by atoms with Crippen LogP contribution in [-0.2, 0) is 6.18 Å². The molecule has 0 aliphatic rings. The molecule has 0 saturated carbocycles. The zero-order chi connectivity index (χ0) is 13.8. The number of alkyl halides is 3. The van der Waals surface area contributed by atoms with E-state index in [-0.39, 0.29) is 5.78 Å². The van der Waals surface area contributed by atoms with Crippen molar-refractivity contribution in [3.05, 3.63) is 47.0 Å². The van der Waals surface area contributed by atoms with Gasteiger partial charge >= 0.3 is 6.18 Å². The molecule has 1 rings (SSSR count). The average molecular weight is 256 g/mol. The number of halogens is 3. The number of hydrogen-bond acceptors (Lipinski definition) is 1. The first-order valence-electron chi connectivity index (χ1n) is 5.64. The highest BCUT2D eigenvalue weighted by molar-refractivity contribution is 5.96. The van der Waals surface area contributed by atoms with Crippen LogP contribution in [0.25, 0.3) is 0 Å². The fourth-order valence-corrected chi connectivity index (χ4v) is 1.48. The minimum Gasteiger partial charge on any atom is -0.294 e. The topological polar surface area (TPSA) is 17.1 Å². The zero-order valence-corrected chi connectivity index (χ0v) is 10.3. The fourth-order valence-electron chi connectivity index (χ4n) is 1.48. The number of carbonyl (C=O) groups is 1. The highest BCUT2D eigenvalue weighted by Crippen LogP contribution is 2.29. The van der Waals surface area contributed by atoms with E-state index in [1.54, 1.807) is 0 Å². The quantitative estimate of drug-likeness (QED) is 0.566. The van der Waals surface area contributed by atoms with Gasteiger partial charge in [0.25, 0.3) is 0 Å². The highest BCUT2D eigenvalue weighted by Gasteiger charge is 2.30. The van der Waals surface area contributed by atoms with E-state index in [0.717, 1.165) is 17.7 Å². The number of carbonyl (C=O) groups excluding carboxylic acids is 1. The lowest BCUT2D eigenvalue weighted by molar-refractivity contribution is -0.137. The minimum absolute atomic E-state index is 0.138. The van der Waals surface area contributed by atoms with Gasteiger partial charge in [-0.3, -0.25) is 4.79 Å². The van der Waals surface area contributed by atoms with Crippen molar-refractivity contribution in [2.24, 2.45) is 0 Å². The molecule has 0 saturated heterocycles. The van der Waals surface area contributed by atoms with Crippen LogP contribution in [0.3, 0.4) is 0 Å². The molecule has 0 unspecified atom stereocenters. The Labute approximate surface area is 104 Å². The summed E-state index contributed by atoms with van der Waals surface area (Å²) in [5, 5.41) is 0. The zero-order valence-electron chi connectivity index (χ0n) is 10.3. The van der Waals surface area contributed by atoms with Crippen LogP contribution in [0.5, 0.6) is 0 Å². The highest BCUT2D eigenvalue weighted by atomic mass is 19.4. The Kier molecular flexibility index (Phi) is 4.70. The molecule has 0 aliphatic carbocycles. The number of Topliss-reactive ketones (excluding diaryl/α,β-unsaturated/α-hetero) is 1. The van der Waals surface area contributed by atoms with Crippen molar-refractivity contribution in [2.45, 2.75) is 32.9 Å². The van der Waals surface area contributed by atoms with Gasteiger partial charge in [-0.2, -0.15) is 13.2 Å².